The van der Waals surface area contributed by atoms with Gasteiger partial charge in [-0.05, 0) is 41.1 Å². The van der Waals surface area contributed by atoms with Crippen LogP contribution in [-0.2, 0) is 11.2 Å². The summed E-state index contributed by atoms with van der Waals surface area (Å²) in [5.74, 6) is 2.24. The number of nitrogens with one attached hydrogen (secondary N) is 1. The second-order valence-electron chi connectivity index (χ2n) is 5.75. The number of aromatic nitrogens is 2. The van der Waals surface area contributed by atoms with E-state index in [2.05, 4.69) is 33.2 Å². The van der Waals surface area contributed by atoms with E-state index in [-0.39, 0.29) is 6.10 Å². The zero-order chi connectivity index (χ0) is 15.2. The van der Waals surface area contributed by atoms with E-state index in [1.165, 1.54) is 32.1 Å². The highest BCUT2D eigenvalue weighted by atomic mass is 79.9. The third-order valence-corrected chi connectivity index (χ3v) is 5.08. The molecule has 1 saturated carbocycles. The average molecular weight is 356 g/mol. The van der Waals surface area contributed by atoms with E-state index in [1.54, 1.807) is 7.11 Å². The lowest BCUT2D eigenvalue weighted by atomic mass is 9.85. The zero-order valence-electron chi connectivity index (χ0n) is 13.3. The Labute approximate surface area is 136 Å². The summed E-state index contributed by atoms with van der Waals surface area (Å²) in [6, 6.07) is 0. The number of hydrogen-bond acceptors (Lipinski definition) is 4. The predicted octanol–water partition coefficient (Wildman–Crippen LogP) is 4.50. The van der Waals surface area contributed by atoms with Crippen molar-refractivity contribution in [1.29, 1.82) is 0 Å². The van der Waals surface area contributed by atoms with Crippen molar-refractivity contribution in [2.24, 2.45) is 5.92 Å². The molecule has 0 saturated heterocycles. The van der Waals surface area contributed by atoms with Crippen molar-refractivity contribution in [1.82, 2.24) is 9.97 Å². The number of hydrogen-bond donors (Lipinski definition) is 1. The molecule has 1 unspecified atom stereocenters. The molecule has 1 aromatic heterocycles. The van der Waals surface area contributed by atoms with Crippen molar-refractivity contribution in [2.75, 3.05) is 19.5 Å². The van der Waals surface area contributed by atoms with Crippen molar-refractivity contribution in [3.63, 3.8) is 0 Å². The number of aryl methyl sites for hydroxylation is 1. The van der Waals surface area contributed by atoms with Gasteiger partial charge in [0.2, 0.25) is 0 Å². The van der Waals surface area contributed by atoms with Crippen LogP contribution in [0.2, 0.25) is 0 Å². The fraction of sp³-hybridized carbons (Fsp3) is 0.750. The number of nitrogens with zero attached hydrogens (tertiary/aromatic N) is 2. The molecule has 0 radical (unpaired) electrons. The van der Waals surface area contributed by atoms with E-state index in [0.717, 1.165) is 34.7 Å². The standard InChI is InChI=1S/C16H26BrN3O/c1-4-8-12-13(17)15(18-2)20-16(19-12)14(21-3)11-9-6-5-7-10-11/h11,14H,4-10H2,1-3H3,(H,18,19,20). The maximum atomic E-state index is 5.78. The van der Waals surface area contributed by atoms with Crippen molar-refractivity contribution < 1.29 is 4.74 Å². The summed E-state index contributed by atoms with van der Waals surface area (Å²) in [7, 11) is 3.68. The van der Waals surface area contributed by atoms with Gasteiger partial charge < -0.3 is 10.1 Å². The Bertz CT molecular complexity index is 461. The Morgan fingerprint density at radius 3 is 2.57 bits per heavy atom. The van der Waals surface area contributed by atoms with Gasteiger partial charge >= 0.3 is 0 Å². The molecular formula is C16H26BrN3O. The molecule has 0 aromatic carbocycles. The summed E-state index contributed by atoms with van der Waals surface area (Å²) in [5, 5.41) is 3.16. The van der Waals surface area contributed by atoms with Crippen LogP contribution in [0.15, 0.2) is 4.47 Å². The Balaban J connectivity index is 2.33. The van der Waals surface area contributed by atoms with Gasteiger partial charge in [-0.15, -0.1) is 0 Å². The van der Waals surface area contributed by atoms with E-state index in [1.807, 2.05) is 7.05 Å². The van der Waals surface area contributed by atoms with Gasteiger partial charge in [0.1, 0.15) is 11.9 Å². The van der Waals surface area contributed by atoms with Gasteiger partial charge in [-0.3, -0.25) is 0 Å². The third kappa shape index (κ3) is 3.95. The van der Waals surface area contributed by atoms with E-state index in [9.17, 15) is 0 Å². The van der Waals surface area contributed by atoms with E-state index >= 15 is 0 Å². The first kappa shape index (κ1) is 16.7. The number of rotatable bonds is 6. The highest BCUT2D eigenvalue weighted by Gasteiger charge is 2.28. The average Bonchev–Trinajstić information content (AvgIpc) is 2.52. The molecular weight excluding hydrogens is 330 g/mol. The molecule has 2 rings (SSSR count). The molecule has 21 heavy (non-hydrogen) atoms. The topological polar surface area (TPSA) is 47.0 Å². The van der Waals surface area contributed by atoms with Crippen LogP contribution in [-0.4, -0.2) is 24.1 Å². The van der Waals surface area contributed by atoms with Gasteiger partial charge in [0.05, 0.1) is 10.2 Å². The minimum Gasteiger partial charge on any atom is -0.373 e. The zero-order valence-corrected chi connectivity index (χ0v) is 14.9. The first-order valence-corrected chi connectivity index (χ1v) is 8.77. The molecule has 1 aliphatic carbocycles. The van der Waals surface area contributed by atoms with Crippen LogP contribution < -0.4 is 5.32 Å². The van der Waals surface area contributed by atoms with Gasteiger partial charge in [-0.1, -0.05) is 32.6 Å². The molecule has 1 heterocycles. The Hall–Kier alpha value is -0.680. The number of ether oxygens (including phenoxy) is 1. The van der Waals surface area contributed by atoms with Crippen molar-refractivity contribution in [3.8, 4) is 0 Å². The van der Waals surface area contributed by atoms with Gasteiger partial charge in [0.15, 0.2) is 5.82 Å². The Morgan fingerprint density at radius 1 is 1.29 bits per heavy atom. The normalized spacial score (nSPS) is 17.7. The van der Waals surface area contributed by atoms with Crippen molar-refractivity contribution in [2.45, 2.75) is 58.0 Å². The molecule has 4 nitrogen and oxygen atoms in total. The molecule has 0 amide bonds. The fourth-order valence-corrected chi connectivity index (χ4v) is 3.73. The van der Waals surface area contributed by atoms with Crippen LogP contribution in [0.3, 0.4) is 0 Å². The Morgan fingerprint density at radius 2 is 2.00 bits per heavy atom. The Kier molecular flexibility index (Phi) is 6.42. The molecule has 1 aliphatic rings. The van der Waals surface area contributed by atoms with Crippen LogP contribution in [0.4, 0.5) is 5.82 Å². The summed E-state index contributed by atoms with van der Waals surface area (Å²) < 4.78 is 6.76. The van der Waals surface area contributed by atoms with Gasteiger partial charge in [-0.2, -0.15) is 0 Å². The van der Waals surface area contributed by atoms with E-state index in [0.29, 0.717) is 5.92 Å². The molecule has 1 atom stereocenters. The first-order chi connectivity index (χ1) is 10.2. The predicted molar refractivity (Wildman–Crippen MR) is 89.6 cm³/mol. The minimum atomic E-state index is 0.0149. The van der Waals surface area contributed by atoms with E-state index in [4.69, 9.17) is 9.72 Å². The van der Waals surface area contributed by atoms with Crippen LogP contribution in [0.1, 0.15) is 63.1 Å². The second-order valence-corrected chi connectivity index (χ2v) is 6.54. The summed E-state index contributed by atoms with van der Waals surface area (Å²) in [6.07, 6.45) is 8.40. The number of methoxy groups -OCH3 is 1. The lowest BCUT2D eigenvalue weighted by Crippen LogP contribution is -2.21. The molecule has 1 N–H and O–H groups in total. The van der Waals surface area contributed by atoms with Gasteiger partial charge in [0, 0.05) is 14.2 Å². The SMILES string of the molecule is CCCc1nc(C(OC)C2CCCCC2)nc(NC)c1Br. The summed E-state index contributed by atoms with van der Waals surface area (Å²) >= 11 is 3.62. The number of anilines is 1. The lowest BCUT2D eigenvalue weighted by molar-refractivity contribution is 0.0288. The molecule has 0 spiro atoms. The monoisotopic (exact) mass is 355 g/mol. The quantitative estimate of drug-likeness (QED) is 0.815. The van der Waals surface area contributed by atoms with Crippen LogP contribution in [0.25, 0.3) is 0 Å². The molecule has 0 bridgehead atoms. The van der Waals surface area contributed by atoms with E-state index < -0.39 is 0 Å². The molecule has 0 aliphatic heterocycles. The lowest BCUT2D eigenvalue weighted by Gasteiger charge is -2.28. The highest BCUT2D eigenvalue weighted by molar-refractivity contribution is 9.10. The summed E-state index contributed by atoms with van der Waals surface area (Å²) in [4.78, 5) is 9.48. The molecule has 118 valence electrons. The molecule has 5 heteroatoms. The highest BCUT2D eigenvalue weighted by Crippen LogP contribution is 2.36. The second kappa shape index (κ2) is 8.08. The molecule has 1 aromatic rings. The largest absolute Gasteiger partial charge is 0.373 e. The summed E-state index contributed by atoms with van der Waals surface area (Å²) in [5.41, 5.74) is 1.07. The van der Waals surface area contributed by atoms with Gasteiger partial charge in [0.25, 0.3) is 0 Å². The van der Waals surface area contributed by atoms with Crippen LogP contribution >= 0.6 is 15.9 Å². The van der Waals surface area contributed by atoms with Crippen molar-refractivity contribution >= 4 is 21.7 Å². The summed E-state index contributed by atoms with van der Waals surface area (Å²) in [6.45, 7) is 2.17. The van der Waals surface area contributed by atoms with Gasteiger partial charge in [-0.25, -0.2) is 9.97 Å². The minimum absolute atomic E-state index is 0.0149. The molecule has 1 fully saturated rings. The van der Waals surface area contributed by atoms with Crippen LogP contribution in [0, 0.1) is 5.92 Å². The first-order valence-electron chi connectivity index (χ1n) is 7.98. The third-order valence-electron chi connectivity index (χ3n) is 4.25. The van der Waals surface area contributed by atoms with Crippen molar-refractivity contribution in [3.05, 3.63) is 16.0 Å². The fourth-order valence-electron chi connectivity index (χ4n) is 3.15. The maximum Gasteiger partial charge on any atom is 0.160 e. The smallest absolute Gasteiger partial charge is 0.160 e. The maximum absolute atomic E-state index is 5.78. The number of halogens is 1. The van der Waals surface area contributed by atoms with Crippen LogP contribution in [0.5, 0.6) is 0 Å².